The lowest BCUT2D eigenvalue weighted by atomic mass is 9.43. The van der Waals surface area contributed by atoms with Crippen molar-refractivity contribution in [2.75, 3.05) is 6.54 Å². The third-order valence-corrected chi connectivity index (χ3v) is 6.08. The molecule has 0 heterocycles. The smallest absolute Gasteiger partial charge is 0.0194 e. The highest BCUT2D eigenvalue weighted by atomic mass is 15.0. The quantitative estimate of drug-likeness (QED) is 0.705. The zero-order chi connectivity index (χ0) is 13.7. The summed E-state index contributed by atoms with van der Waals surface area (Å²) in [7, 11) is 0. The van der Waals surface area contributed by atoms with Crippen molar-refractivity contribution in [1.82, 2.24) is 5.32 Å². The average molecular weight is 263 g/mol. The normalized spacial score (nSPS) is 48.2. The Balaban J connectivity index is 1.64. The molecule has 0 aromatic carbocycles. The summed E-state index contributed by atoms with van der Waals surface area (Å²) in [6.07, 6.45) is 11.6. The molecule has 4 bridgehead atoms. The van der Waals surface area contributed by atoms with Gasteiger partial charge in [-0.3, -0.25) is 0 Å². The molecule has 0 aromatic heterocycles. The summed E-state index contributed by atoms with van der Waals surface area (Å²) in [4.78, 5) is 0. The largest absolute Gasteiger partial charge is 0.311 e. The van der Waals surface area contributed by atoms with Crippen LogP contribution in [0.5, 0.6) is 0 Å². The molecule has 0 aromatic rings. The zero-order valence-electron chi connectivity index (χ0n) is 13.5. The first-order valence-corrected chi connectivity index (χ1v) is 8.57. The summed E-state index contributed by atoms with van der Waals surface area (Å²) in [5.74, 6) is 1.87. The van der Waals surface area contributed by atoms with Gasteiger partial charge in [-0.05, 0) is 80.6 Å². The van der Waals surface area contributed by atoms with Gasteiger partial charge in [0.25, 0.3) is 0 Å². The standard InChI is InChI=1S/C18H33N/c1-14(2)6-5-7-19-18-10-15-8-16(3,12-18)11-17(4,9-15)13-18/h14-15,19H,5-13H2,1-4H3. The molecule has 0 amide bonds. The van der Waals surface area contributed by atoms with E-state index < -0.39 is 0 Å². The fourth-order valence-corrected chi connectivity index (χ4v) is 6.51. The molecule has 1 nitrogen and oxygen atoms in total. The first-order valence-electron chi connectivity index (χ1n) is 8.57. The van der Waals surface area contributed by atoms with E-state index in [2.05, 4.69) is 33.0 Å². The first-order chi connectivity index (χ1) is 8.82. The van der Waals surface area contributed by atoms with Crippen molar-refractivity contribution >= 4 is 0 Å². The van der Waals surface area contributed by atoms with Crippen LogP contribution in [0.3, 0.4) is 0 Å². The first kappa shape index (κ1) is 13.9. The van der Waals surface area contributed by atoms with E-state index in [-0.39, 0.29) is 0 Å². The van der Waals surface area contributed by atoms with Gasteiger partial charge < -0.3 is 5.32 Å². The molecule has 4 rings (SSSR count). The second-order valence-corrected chi connectivity index (χ2v) is 9.37. The van der Waals surface area contributed by atoms with Crippen LogP contribution in [0.25, 0.3) is 0 Å². The number of hydrogen-bond donors (Lipinski definition) is 1. The predicted octanol–water partition coefficient (Wildman–Crippen LogP) is 4.76. The molecule has 2 unspecified atom stereocenters. The lowest BCUT2D eigenvalue weighted by Gasteiger charge is -2.65. The van der Waals surface area contributed by atoms with Gasteiger partial charge in [-0.2, -0.15) is 0 Å². The summed E-state index contributed by atoms with van der Waals surface area (Å²) in [6.45, 7) is 11.1. The predicted molar refractivity (Wildman–Crippen MR) is 82.2 cm³/mol. The average Bonchev–Trinajstić information content (AvgIpc) is 2.18. The van der Waals surface area contributed by atoms with Crippen molar-refractivity contribution in [3.63, 3.8) is 0 Å². The summed E-state index contributed by atoms with van der Waals surface area (Å²) in [6, 6.07) is 0. The summed E-state index contributed by atoms with van der Waals surface area (Å²) >= 11 is 0. The summed E-state index contributed by atoms with van der Waals surface area (Å²) in [5, 5.41) is 4.03. The SMILES string of the molecule is CC(C)CCCNC12CC3CC(C)(CC(C)(C3)C1)C2. The van der Waals surface area contributed by atoms with Gasteiger partial charge in [-0.1, -0.05) is 27.7 Å². The molecule has 4 aliphatic rings. The molecule has 0 spiro atoms. The molecule has 1 N–H and O–H groups in total. The molecule has 4 aliphatic carbocycles. The lowest BCUT2D eigenvalue weighted by molar-refractivity contribution is -0.117. The van der Waals surface area contributed by atoms with E-state index in [1.54, 1.807) is 0 Å². The fraction of sp³-hybridized carbons (Fsp3) is 1.00. The van der Waals surface area contributed by atoms with Crippen LogP contribution in [-0.2, 0) is 0 Å². The van der Waals surface area contributed by atoms with Crippen molar-refractivity contribution < 1.29 is 0 Å². The Morgan fingerprint density at radius 2 is 1.63 bits per heavy atom. The second kappa shape index (κ2) is 4.48. The van der Waals surface area contributed by atoms with Crippen molar-refractivity contribution in [3.8, 4) is 0 Å². The van der Waals surface area contributed by atoms with Gasteiger partial charge in [0.15, 0.2) is 0 Å². The van der Waals surface area contributed by atoms with Crippen LogP contribution in [0.4, 0.5) is 0 Å². The van der Waals surface area contributed by atoms with E-state index in [4.69, 9.17) is 0 Å². The van der Waals surface area contributed by atoms with Crippen molar-refractivity contribution in [3.05, 3.63) is 0 Å². The Labute approximate surface area is 119 Å². The van der Waals surface area contributed by atoms with Gasteiger partial charge in [-0.25, -0.2) is 0 Å². The minimum Gasteiger partial charge on any atom is -0.311 e. The molecule has 0 aliphatic heterocycles. The number of rotatable bonds is 5. The molecule has 2 atom stereocenters. The molecule has 110 valence electrons. The molecule has 0 radical (unpaired) electrons. The van der Waals surface area contributed by atoms with Crippen LogP contribution in [0.2, 0.25) is 0 Å². The van der Waals surface area contributed by atoms with Gasteiger partial charge in [0.2, 0.25) is 0 Å². The van der Waals surface area contributed by atoms with Crippen LogP contribution < -0.4 is 5.32 Å². The Hall–Kier alpha value is -0.0400. The van der Waals surface area contributed by atoms with Gasteiger partial charge in [0, 0.05) is 5.54 Å². The van der Waals surface area contributed by atoms with Gasteiger partial charge in [-0.15, -0.1) is 0 Å². The Morgan fingerprint density at radius 1 is 1.00 bits per heavy atom. The molecule has 0 saturated heterocycles. The van der Waals surface area contributed by atoms with E-state index in [9.17, 15) is 0 Å². The van der Waals surface area contributed by atoms with Crippen molar-refractivity contribution in [1.29, 1.82) is 0 Å². The van der Waals surface area contributed by atoms with Crippen LogP contribution in [0, 0.1) is 22.7 Å². The number of nitrogens with one attached hydrogen (secondary N) is 1. The van der Waals surface area contributed by atoms with Crippen molar-refractivity contribution in [2.24, 2.45) is 22.7 Å². The molecule has 4 fully saturated rings. The monoisotopic (exact) mass is 263 g/mol. The minimum absolute atomic E-state index is 0.514. The Morgan fingerprint density at radius 3 is 2.16 bits per heavy atom. The molecular formula is C18H33N. The third-order valence-electron chi connectivity index (χ3n) is 6.08. The highest BCUT2D eigenvalue weighted by molar-refractivity contribution is 5.14. The van der Waals surface area contributed by atoms with E-state index in [0.717, 1.165) is 11.8 Å². The fourth-order valence-electron chi connectivity index (χ4n) is 6.51. The Kier molecular flexibility index (Phi) is 3.28. The van der Waals surface area contributed by atoms with Crippen molar-refractivity contribution in [2.45, 2.75) is 84.6 Å². The topological polar surface area (TPSA) is 12.0 Å². The summed E-state index contributed by atoms with van der Waals surface area (Å²) < 4.78 is 0. The Bertz CT molecular complexity index is 328. The van der Waals surface area contributed by atoms with Gasteiger partial charge in [0.05, 0.1) is 0 Å². The van der Waals surface area contributed by atoms with Crippen LogP contribution in [0.1, 0.15) is 79.1 Å². The van der Waals surface area contributed by atoms with E-state index in [1.807, 2.05) is 0 Å². The molecule has 19 heavy (non-hydrogen) atoms. The highest BCUT2D eigenvalue weighted by Gasteiger charge is 2.59. The second-order valence-electron chi connectivity index (χ2n) is 9.37. The van der Waals surface area contributed by atoms with E-state index in [1.165, 1.54) is 57.9 Å². The van der Waals surface area contributed by atoms with E-state index in [0.29, 0.717) is 16.4 Å². The minimum atomic E-state index is 0.514. The lowest BCUT2D eigenvalue weighted by Crippen LogP contribution is -2.64. The van der Waals surface area contributed by atoms with E-state index >= 15 is 0 Å². The molecule has 4 saturated carbocycles. The number of hydrogen-bond acceptors (Lipinski definition) is 1. The molecule has 1 heteroatoms. The summed E-state index contributed by atoms with van der Waals surface area (Å²) in [5.41, 5.74) is 1.82. The maximum atomic E-state index is 4.03. The maximum absolute atomic E-state index is 4.03. The van der Waals surface area contributed by atoms with Crippen LogP contribution >= 0.6 is 0 Å². The molecular weight excluding hydrogens is 230 g/mol. The van der Waals surface area contributed by atoms with Gasteiger partial charge >= 0.3 is 0 Å². The van der Waals surface area contributed by atoms with Crippen LogP contribution in [-0.4, -0.2) is 12.1 Å². The van der Waals surface area contributed by atoms with Crippen LogP contribution in [0.15, 0.2) is 0 Å². The zero-order valence-corrected chi connectivity index (χ0v) is 13.5. The maximum Gasteiger partial charge on any atom is 0.0194 e. The third kappa shape index (κ3) is 2.73. The highest BCUT2D eigenvalue weighted by Crippen LogP contribution is 2.66. The van der Waals surface area contributed by atoms with Gasteiger partial charge in [0.1, 0.15) is 0 Å².